The summed E-state index contributed by atoms with van der Waals surface area (Å²) in [5.41, 5.74) is -0.0729. The van der Waals surface area contributed by atoms with Crippen molar-refractivity contribution in [3.05, 3.63) is 28.4 Å². The van der Waals surface area contributed by atoms with Gasteiger partial charge in [0.05, 0.1) is 11.5 Å². The molecule has 1 aromatic heterocycles. The average molecular weight is 237 g/mol. The highest BCUT2D eigenvalue weighted by Crippen LogP contribution is 2.23. The van der Waals surface area contributed by atoms with E-state index in [1.54, 1.807) is 0 Å². The van der Waals surface area contributed by atoms with E-state index in [9.17, 15) is 10.1 Å². The lowest BCUT2D eigenvalue weighted by Gasteiger charge is -2.22. The molecule has 0 aliphatic carbocycles. The first-order chi connectivity index (χ1) is 8.27. The maximum absolute atomic E-state index is 10.7. The number of hydrogen-bond donors (Lipinski definition) is 1. The van der Waals surface area contributed by atoms with Crippen molar-refractivity contribution in [1.82, 2.24) is 10.3 Å². The van der Waals surface area contributed by atoms with E-state index in [1.165, 1.54) is 18.3 Å². The van der Waals surface area contributed by atoms with Crippen molar-refractivity contribution in [2.75, 3.05) is 19.7 Å². The van der Waals surface area contributed by atoms with Crippen molar-refractivity contribution in [3.8, 4) is 5.88 Å². The summed E-state index contributed by atoms with van der Waals surface area (Å²) < 4.78 is 5.45. The lowest BCUT2D eigenvalue weighted by atomic mass is 10.0. The zero-order valence-corrected chi connectivity index (χ0v) is 9.46. The van der Waals surface area contributed by atoms with Gasteiger partial charge < -0.3 is 10.1 Å². The third-order valence-corrected chi connectivity index (χ3v) is 2.80. The summed E-state index contributed by atoms with van der Waals surface area (Å²) in [6.45, 7) is 2.42. The summed E-state index contributed by atoms with van der Waals surface area (Å²) >= 11 is 0. The minimum atomic E-state index is -0.471. The summed E-state index contributed by atoms with van der Waals surface area (Å²) in [5.74, 6) is 0.522. The van der Waals surface area contributed by atoms with Crippen molar-refractivity contribution in [2.24, 2.45) is 5.92 Å². The molecule has 0 aromatic carbocycles. The number of ether oxygens (including phenoxy) is 1. The second-order valence-corrected chi connectivity index (χ2v) is 4.11. The molecule has 1 aliphatic heterocycles. The summed E-state index contributed by atoms with van der Waals surface area (Å²) in [7, 11) is 0. The van der Waals surface area contributed by atoms with Gasteiger partial charge in [-0.2, -0.15) is 0 Å². The van der Waals surface area contributed by atoms with Gasteiger partial charge in [0.1, 0.15) is 0 Å². The second kappa shape index (κ2) is 5.58. The average Bonchev–Trinajstić information content (AvgIpc) is 2.38. The Hall–Kier alpha value is -1.69. The fourth-order valence-corrected chi connectivity index (χ4v) is 1.90. The molecule has 1 N–H and O–H groups in total. The third-order valence-electron chi connectivity index (χ3n) is 2.80. The molecule has 1 aromatic rings. The Morgan fingerprint density at radius 3 is 3.24 bits per heavy atom. The normalized spacial score (nSPS) is 19.9. The SMILES string of the molecule is O=[N+]([O-])c1cccnc1OC[C@H]1CCCNC1. The number of nitro groups is 1. The number of nitrogens with zero attached hydrogens (tertiary/aromatic N) is 2. The highest BCUT2D eigenvalue weighted by Gasteiger charge is 2.18. The standard InChI is InChI=1S/C11H15N3O3/c15-14(16)10-4-2-6-13-11(10)17-8-9-3-1-5-12-7-9/h2,4,6,9,12H,1,3,5,7-8H2/t9-/m0/s1. The first-order valence-corrected chi connectivity index (χ1v) is 5.70. The van der Waals surface area contributed by atoms with Gasteiger partial charge in [0.2, 0.25) is 0 Å². The molecule has 92 valence electrons. The van der Waals surface area contributed by atoms with E-state index in [0.29, 0.717) is 12.5 Å². The number of aromatic nitrogens is 1. The van der Waals surface area contributed by atoms with Crippen LogP contribution in [0.1, 0.15) is 12.8 Å². The largest absolute Gasteiger partial charge is 0.472 e. The maximum Gasteiger partial charge on any atom is 0.330 e. The Balaban J connectivity index is 1.96. The van der Waals surface area contributed by atoms with Crippen LogP contribution < -0.4 is 10.1 Å². The Labute approximate surface area is 99.2 Å². The number of pyridine rings is 1. The van der Waals surface area contributed by atoms with Crippen LogP contribution in [0.3, 0.4) is 0 Å². The van der Waals surface area contributed by atoms with Crippen LogP contribution in [0.25, 0.3) is 0 Å². The fourth-order valence-electron chi connectivity index (χ4n) is 1.90. The smallest absolute Gasteiger partial charge is 0.330 e. The minimum absolute atomic E-state index is 0.0729. The Morgan fingerprint density at radius 1 is 1.65 bits per heavy atom. The molecule has 0 spiro atoms. The summed E-state index contributed by atoms with van der Waals surface area (Å²) in [4.78, 5) is 14.2. The predicted molar refractivity (Wildman–Crippen MR) is 62.0 cm³/mol. The topological polar surface area (TPSA) is 77.3 Å². The van der Waals surface area contributed by atoms with Gasteiger partial charge in [-0.25, -0.2) is 4.98 Å². The van der Waals surface area contributed by atoms with Gasteiger partial charge in [-0.05, 0) is 25.5 Å². The first-order valence-electron chi connectivity index (χ1n) is 5.70. The molecule has 0 saturated carbocycles. The highest BCUT2D eigenvalue weighted by atomic mass is 16.6. The number of nitrogens with one attached hydrogen (secondary N) is 1. The Bertz CT molecular complexity index is 391. The van der Waals surface area contributed by atoms with Gasteiger partial charge in [-0.1, -0.05) is 0 Å². The first kappa shape index (κ1) is 11.8. The molecule has 1 atom stereocenters. The van der Waals surface area contributed by atoms with Gasteiger partial charge in [-0.3, -0.25) is 10.1 Å². The molecule has 1 fully saturated rings. The van der Waals surface area contributed by atoms with E-state index in [2.05, 4.69) is 10.3 Å². The van der Waals surface area contributed by atoms with E-state index in [-0.39, 0.29) is 11.6 Å². The third kappa shape index (κ3) is 3.13. The lowest BCUT2D eigenvalue weighted by molar-refractivity contribution is -0.386. The summed E-state index contributed by atoms with van der Waals surface area (Å²) in [6, 6.07) is 2.94. The van der Waals surface area contributed by atoms with Gasteiger partial charge in [0.15, 0.2) is 0 Å². The van der Waals surface area contributed by atoms with Crippen molar-refractivity contribution in [1.29, 1.82) is 0 Å². The van der Waals surface area contributed by atoms with Crippen molar-refractivity contribution < 1.29 is 9.66 Å². The molecule has 0 radical (unpaired) electrons. The van der Waals surface area contributed by atoms with Gasteiger partial charge >= 0.3 is 5.69 Å². The van der Waals surface area contributed by atoms with Crippen LogP contribution >= 0.6 is 0 Å². The number of rotatable bonds is 4. The monoisotopic (exact) mass is 237 g/mol. The van der Waals surface area contributed by atoms with Crippen LogP contribution in [0, 0.1) is 16.0 Å². The van der Waals surface area contributed by atoms with Crippen LogP contribution in [0.4, 0.5) is 5.69 Å². The van der Waals surface area contributed by atoms with Gasteiger partial charge in [0, 0.05) is 24.7 Å². The van der Waals surface area contributed by atoms with Crippen molar-refractivity contribution >= 4 is 5.69 Å². The van der Waals surface area contributed by atoms with Crippen LogP contribution in [0.2, 0.25) is 0 Å². The number of hydrogen-bond acceptors (Lipinski definition) is 5. The van der Waals surface area contributed by atoms with Crippen molar-refractivity contribution in [2.45, 2.75) is 12.8 Å². The minimum Gasteiger partial charge on any atom is -0.472 e. The molecule has 17 heavy (non-hydrogen) atoms. The zero-order valence-electron chi connectivity index (χ0n) is 9.46. The molecule has 6 heteroatoms. The van der Waals surface area contributed by atoms with E-state index in [1.807, 2.05) is 0 Å². The molecule has 2 heterocycles. The van der Waals surface area contributed by atoms with Gasteiger partial charge in [0.25, 0.3) is 5.88 Å². The summed E-state index contributed by atoms with van der Waals surface area (Å²) in [5, 5.41) is 14.0. The van der Waals surface area contributed by atoms with E-state index in [0.717, 1.165) is 25.9 Å². The molecule has 6 nitrogen and oxygen atoms in total. The highest BCUT2D eigenvalue weighted by molar-refractivity contribution is 5.39. The van der Waals surface area contributed by atoms with Crippen LogP contribution in [-0.4, -0.2) is 29.6 Å². The molecule has 0 unspecified atom stereocenters. The van der Waals surface area contributed by atoms with E-state index < -0.39 is 4.92 Å². The molecular formula is C11H15N3O3. The summed E-state index contributed by atoms with van der Waals surface area (Å²) in [6.07, 6.45) is 3.72. The predicted octanol–water partition coefficient (Wildman–Crippen LogP) is 1.37. The van der Waals surface area contributed by atoms with Crippen LogP contribution in [0.5, 0.6) is 5.88 Å². The van der Waals surface area contributed by atoms with Gasteiger partial charge in [-0.15, -0.1) is 0 Å². The van der Waals surface area contributed by atoms with Crippen LogP contribution in [-0.2, 0) is 0 Å². The Morgan fingerprint density at radius 2 is 2.53 bits per heavy atom. The van der Waals surface area contributed by atoms with Crippen molar-refractivity contribution in [3.63, 3.8) is 0 Å². The molecule has 2 rings (SSSR count). The molecule has 1 aliphatic rings. The maximum atomic E-state index is 10.7. The van der Waals surface area contributed by atoms with E-state index >= 15 is 0 Å². The molecule has 0 bridgehead atoms. The van der Waals surface area contributed by atoms with E-state index in [4.69, 9.17) is 4.74 Å². The molecule has 1 saturated heterocycles. The second-order valence-electron chi connectivity index (χ2n) is 4.11. The molecule has 0 amide bonds. The Kier molecular flexibility index (Phi) is 3.87. The fraction of sp³-hybridized carbons (Fsp3) is 0.545. The lowest BCUT2D eigenvalue weighted by Crippen LogP contribution is -2.33. The van der Waals surface area contributed by atoms with Crippen LogP contribution in [0.15, 0.2) is 18.3 Å². The quantitative estimate of drug-likeness (QED) is 0.632. The number of piperidine rings is 1. The zero-order chi connectivity index (χ0) is 12.1. The molecular weight excluding hydrogens is 222 g/mol.